The van der Waals surface area contributed by atoms with Crippen LogP contribution in [0.5, 0.6) is 0 Å². The zero-order chi connectivity index (χ0) is 10.7. The van der Waals surface area contributed by atoms with Crippen LogP contribution in [0.4, 0.5) is 0 Å². The van der Waals surface area contributed by atoms with Crippen molar-refractivity contribution in [3.05, 3.63) is 29.6 Å². The molecule has 1 aliphatic heterocycles. The van der Waals surface area contributed by atoms with Crippen molar-refractivity contribution in [3.8, 4) is 6.07 Å². The van der Waals surface area contributed by atoms with E-state index in [4.69, 9.17) is 5.26 Å². The van der Waals surface area contributed by atoms with E-state index < -0.39 is 0 Å². The van der Waals surface area contributed by atoms with E-state index >= 15 is 0 Å². The van der Waals surface area contributed by atoms with E-state index in [1.54, 1.807) is 0 Å². The molecule has 1 fully saturated rings. The van der Waals surface area contributed by atoms with Gasteiger partial charge < -0.3 is 4.57 Å². The second-order valence-electron chi connectivity index (χ2n) is 4.79. The number of aromatic nitrogens is 2. The summed E-state index contributed by atoms with van der Waals surface area (Å²) in [5, 5.41) is 9.07. The molecular formula is C13H11N3. The molecule has 2 bridgehead atoms. The Kier molecular flexibility index (Phi) is 1.38. The van der Waals surface area contributed by atoms with Crippen LogP contribution in [-0.2, 0) is 0 Å². The zero-order valence-electron chi connectivity index (χ0n) is 8.85. The fourth-order valence-corrected chi connectivity index (χ4v) is 3.32. The lowest BCUT2D eigenvalue weighted by Gasteiger charge is -2.13. The molecule has 1 saturated carbocycles. The van der Waals surface area contributed by atoms with E-state index in [0.29, 0.717) is 17.5 Å². The van der Waals surface area contributed by atoms with Crippen molar-refractivity contribution in [2.75, 3.05) is 0 Å². The maximum atomic E-state index is 9.07. The Hall–Kier alpha value is -1.82. The van der Waals surface area contributed by atoms with Gasteiger partial charge in [0.25, 0.3) is 0 Å². The van der Waals surface area contributed by atoms with E-state index in [9.17, 15) is 0 Å². The summed E-state index contributed by atoms with van der Waals surface area (Å²) in [7, 11) is 0. The molecule has 0 N–H and O–H groups in total. The molecular weight excluding hydrogens is 198 g/mol. The van der Waals surface area contributed by atoms with Gasteiger partial charge >= 0.3 is 0 Å². The Bertz CT molecular complexity index is 632. The minimum absolute atomic E-state index is 0.638. The summed E-state index contributed by atoms with van der Waals surface area (Å²) in [6, 6.07) is 8.78. The summed E-state index contributed by atoms with van der Waals surface area (Å²) < 4.78 is 2.37. The molecule has 3 heteroatoms. The predicted octanol–water partition coefficient (Wildman–Crippen LogP) is 2.73. The smallest absolute Gasteiger partial charge is 0.113 e. The van der Waals surface area contributed by atoms with Crippen LogP contribution in [0.2, 0.25) is 0 Å². The number of nitriles is 1. The molecule has 2 atom stereocenters. The van der Waals surface area contributed by atoms with Crippen LogP contribution in [0.1, 0.15) is 42.6 Å². The van der Waals surface area contributed by atoms with Gasteiger partial charge in [0, 0.05) is 12.0 Å². The predicted molar refractivity (Wildman–Crippen MR) is 60.1 cm³/mol. The normalized spacial score (nSPS) is 25.9. The molecule has 4 rings (SSSR count). The Balaban J connectivity index is 2.12. The minimum atomic E-state index is 0.638. The van der Waals surface area contributed by atoms with Crippen LogP contribution in [0, 0.1) is 11.3 Å². The van der Waals surface area contributed by atoms with Crippen LogP contribution in [-0.4, -0.2) is 9.55 Å². The second kappa shape index (κ2) is 2.65. The van der Waals surface area contributed by atoms with Gasteiger partial charge in [-0.05, 0) is 31.4 Å². The van der Waals surface area contributed by atoms with Gasteiger partial charge in [-0.1, -0.05) is 6.07 Å². The summed E-state index contributed by atoms with van der Waals surface area (Å²) in [5.41, 5.74) is 2.76. The Labute approximate surface area is 93.3 Å². The lowest BCUT2D eigenvalue weighted by atomic mass is 10.1. The van der Waals surface area contributed by atoms with Crippen molar-refractivity contribution < 1.29 is 0 Å². The van der Waals surface area contributed by atoms with Crippen molar-refractivity contribution in [1.82, 2.24) is 9.55 Å². The minimum Gasteiger partial charge on any atom is -0.325 e. The maximum absolute atomic E-state index is 9.07. The average Bonchev–Trinajstić information content (AvgIpc) is 2.98. The fourth-order valence-electron chi connectivity index (χ4n) is 3.32. The van der Waals surface area contributed by atoms with Crippen molar-refractivity contribution in [1.29, 1.82) is 5.26 Å². The molecule has 1 aromatic carbocycles. The summed E-state index contributed by atoms with van der Waals surface area (Å²) in [6.45, 7) is 0. The van der Waals surface area contributed by atoms with Crippen LogP contribution in [0.3, 0.4) is 0 Å². The van der Waals surface area contributed by atoms with Crippen LogP contribution in [0.15, 0.2) is 18.2 Å². The number of para-hydroxylation sites is 1. The van der Waals surface area contributed by atoms with Gasteiger partial charge in [0.1, 0.15) is 17.4 Å². The number of hydrogen-bond acceptors (Lipinski definition) is 2. The Morgan fingerprint density at radius 3 is 3.19 bits per heavy atom. The number of imidazole rings is 1. The van der Waals surface area contributed by atoms with Crippen molar-refractivity contribution in [2.45, 2.75) is 31.2 Å². The van der Waals surface area contributed by atoms with Gasteiger partial charge in [0.15, 0.2) is 0 Å². The van der Waals surface area contributed by atoms with E-state index in [-0.39, 0.29) is 0 Å². The molecule has 16 heavy (non-hydrogen) atoms. The number of fused-ring (bicyclic) bond motifs is 7. The zero-order valence-corrected chi connectivity index (χ0v) is 8.85. The van der Waals surface area contributed by atoms with E-state index in [0.717, 1.165) is 11.0 Å². The first-order chi connectivity index (χ1) is 7.88. The van der Waals surface area contributed by atoms with Crippen LogP contribution in [0.25, 0.3) is 11.0 Å². The van der Waals surface area contributed by atoms with Gasteiger partial charge in [-0.15, -0.1) is 0 Å². The molecule has 0 unspecified atom stereocenters. The van der Waals surface area contributed by atoms with Gasteiger partial charge in [0.05, 0.1) is 11.1 Å². The summed E-state index contributed by atoms with van der Waals surface area (Å²) in [4.78, 5) is 4.69. The fraction of sp³-hybridized carbons (Fsp3) is 0.385. The molecule has 78 valence electrons. The summed E-state index contributed by atoms with van der Waals surface area (Å²) >= 11 is 0. The molecule has 0 radical (unpaired) electrons. The molecule has 0 saturated heterocycles. The third-order valence-electron chi connectivity index (χ3n) is 4.00. The lowest BCUT2D eigenvalue weighted by Crippen LogP contribution is -2.05. The third kappa shape index (κ3) is 0.817. The van der Waals surface area contributed by atoms with E-state index in [1.165, 1.54) is 25.1 Å². The quantitative estimate of drug-likeness (QED) is 0.669. The topological polar surface area (TPSA) is 41.6 Å². The summed E-state index contributed by atoms with van der Waals surface area (Å²) in [5.74, 6) is 1.86. The SMILES string of the molecule is N#Cc1cccc2c1nc1n2[C@H]2CC[C@@H]1C2. The van der Waals surface area contributed by atoms with Gasteiger partial charge in [-0.25, -0.2) is 4.98 Å². The van der Waals surface area contributed by atoms with Crippen molar-refractivity contribution in [2.24, 2.45) is 0 Å². The Morgan fingerprint density at radius 2 is 2.31 bits per heavy atom. The monoisotopic (exact) mass is 209 g/mol. The van der Waals surface area contributed by atoms with Gasteiger partial charge in [-0.3, -0.25) is 0 Å². The first-order valence-corrected chi connectivity index (χ1v) is 5.79. The molecule has 3 nitrogen and oxygen atoms in total. The highest BCUT2D eigenvalue weighted by molar-refractivity contribution is 5.82. The largest absolute Gasteiger partial charge is 0.325 e. The molecule has 0 amide bonds. The van der Waals surface area contributed by atoms with E-state index in [2.05, 4.69) is 21.7 Å². The maximum Gasteiger partial charge on any atom is 0.113 e. The number of rotatable bonds is 0. The number of benzene rings is 1. The van der Waals surface area contributed by atoms with Crippen molar-refractivity contribution >= 4 is 11.0 Å². The standard InChI is InChI=1S/C13H11N3/c14-7-9-2-1-3-11-12(9)15-13-8-4-5-10(6-8)16(11)13/h1-3,8,10H,4-6H2/t8-,10+/m1/s1. The second-order valence-corrected chi connectivity index (χ2v) is 4.79. The highest BCUT2D eigenvalue weighted by Gasteiger charge is 2.39. The first-order valence-electron chi connectivity index (χ1n) is 5.79. The third-order valence-corrected chi connectivity index (χ3v) is 4.00. The first kappa shape index (κ1) is 8.35. The molecule has 2 heterocycles. The molecule has 2 aliphatic rings. The van der Waals surface area contributed by atoms with Gasteiger partial charge in [0.2, 0.25) is 0 Å². The molecule has 1 aliphatic carbocycles. The molecule has 1 aromatic heterocycles. The Morgan fingerprint density at radius 1 is 1.38 bits per heavy atom. The number of hydrogen-bond donors (Lipinski definition) is 0. The van der Waals surface area contributed by atoms with E-state index in [1.807, 2.05) is 12.1 Å². The number of nitrogens with zero attached hydrogens (tertiary/aromatic N) is 3. The summed E-state index contributed by atoms with van der Waals surface area (Å²) in [6.07, 6.45) is 3.81. The molecule has 2 aromatic rings. The van der Waals surface area contributed by atoms with Crippen LogP contribution >= 0.6 is 0 Å². The highest BCUT2D eigenvalue weighted by Crippen LogP contribution is 2.49. The van der Waals surface area contributed by atoms with Gasteiger partial charge in [-0.2, -0.15) is 5.26 Å². The average molecular weight is 209 g/mol. The lowest BCUT2D eigenvalue weighted by molar-refractivity contribution is 0.539. The highest BCUT2D eigenvalue weighted by atomic mass is 15.2. The van der Waals surface area contributed by atoms with Crippen LogP contribution < -0.4 is 0 Å². The van der Waals surface area contributed by atoms with Crippen molar-refractivity contribution in [3.63, 3.8) is 0 Å². The molecule has 0 spiro atoms.